The first-order valence-corrected chi connectivity index (χ1v) is 9.38. The number of nitrogens with zero attached hydrogens (tertiary/aromatic N) is 2. The molecule has 1 saturated heterocycles. The lowest BCUT2D eigenvalue weighted by atomic mass is 10.2. The van der Waals surface area contributed by atoms with Gasteiger partial charge in [-0.15, -0.1) is 0 Å². The molecule has 5 nitrogen and oxygen atoms in total. The van der Waals surface area contributed by atoms with Gasteiger partial charge in [0, 0.05) is 32.1 Å². The van der Waals surface area contributed by atoms with E-state index in [1.165, 1.54) is 22.5 Å². The zero-order valence-corrected chi connectivity index (χ0v) is 14.0. The molecule has 1 aliphatic carbocycles. The summed E-state index contributed by atoms with van der Waals surface area (Å²) >= 11 is 0. The Morgan fingerprint density at radius 3 is 2.57 bits per heavy atom. The molecule has 0 N–H and O–H groups in total. The SMILES string of the molecule is Cc1cc(S(=O)(=O)N2CCCN(C(=O)C3CC3)CC2)ccc1F. The molecule has 0 aromatic heterocycles. The first-order chi connectivity index (χ1) is 10.9. The molecule has 0 radical (unpaired) electrons. The van der Waals surface area contributed by atoms with Crippen LogP contribution >= 0.6 is 0 Å². The second kappa shape index (κ2) is 6.20. The molecule has 1 saturated carbocycles. The number of benzene rings is 1. The zero-order valence-electron chi connectivity index (χ0n) is 13.2. The zero-order chi connectivity index (χ0) is 16.6. The molecular weight excluding hydrogens is 319 g/mol. The molecule has 2 aliphatic rings. The van der Waals surface area contributed by atoms with Gasteiger partial charge in [0.05, 0.1) is 4.90 Å². The van der Waals surface area contributed by atoms with Gasteiger partial charge in [-0.3, -0.25) is 4.79 Å². The van der Waals surface area contributed by atoms with Crippen LogP contribution in [0, 0.1) is 18.7 Å². The van der Waals surface area contributed by atoms with Crippen LogP contribution in [0.15, 0.2) is 23.1 Å². The van der Waals surface area contributed by atoms with Gasteiger partial charge in [0.2, 0.25) is 15.9 Å². The molecule has 23 heavy (non-hydrogen) atoms. The number of carbonyl (C=O) groups excluding carboxylic acids is 1. The van der Waals surface area contributed by atoms with E-state index in [1.807, 2.05) is 0 Å². The summed E-state index contributed by atoms with van der Waals surface area (Å²) in [6, 6.07) is 3.85. The van der Waals surface area contributed by atoms with E-state index in [-0.39, 0.29) is 23.3 Å². The summed E-state index contributed by atoms with van der Waals surface area (Å²) in [7, 11) is -3.65. The van der Waals surface area contributed by atoms with E-state index in [0.717, 1.165) is 12.8 Å². The maximum absolute atomic E-state index is 13.4. The molecule has 1 aliphatic heterocycles. The molecule has 0 spiro atoms. The predicted molar refractivity (Wildman–Crippen MR) is 83.8 cm³/mol. The number of hydrogen-bond acceptors (Lipinski definition) is 3. The van der Waals surface area contributed by atoms with Gasteiger partial charge in [-0.1, -0.05) is 0 Å². The van der Waals surface area contributed by atoms with Crippen LogP contribution < -0.4 is 0 Å². The van der Waals surface area contributed by atoms with Crippen molar-refractivity contribution in [1.82, 2.24) is 9.21 Å². The lowest BCUT2D eigenvalue weighted by Crippen LogP contribution is -2.38. The van der Waals surface area contributed by atoms with Gasteiger partial charge in [-0.25, -0.2) is 12.8 Å². The molecule has 1 heterocycles. The highest BCUT2D eigenvalue weighted by Gasteiger charge is 2.35. The molecule has 1 amide bonds. The van der Waals surface area contributed by atoms with Crippen molar-refractivity contribution < 1.29 is 17.6 Å². The number of amides is 1. The predicted octanol–water partition coefficient (Wildman–Crippen LogP) is 1.77. The topological polar surface area (TPSA) is 57.7 Å². The number of rotatable bonds is 3. The summed E-state index contributed by atoms with van der Waals surface area (Å²) in [6.07, 6.45) is 2.52. The fraction of sp³-hybridized carbons (Fsp3) is 0.562. The van der Waals surface area contributed by atoms with Crippen molar-refractivity contribution in [3.63, 3.8) is 0 Å². The van der Waals surface area contributed by atoms with Crippen LogP contribution in [0.4, 0.5) is 4.39 Å². The third-order valence-corrected chi connectivity index (χ3v) is 6.35. The molecule has 0 atom stereocenters. The molecule has 1 aromatic rings. The maximum Gasteiger partial charge on any atom is 0.243 e. The average molecular weight is 340 g/mol. The molecule has 3 rings (SSSR count). The Labute approximate surface area is 136 Å². The van der Waals surface area contributed by atoms with Crippen molar-refractivity contribution in [3.8, 4) is 0 Å². The highest BCUT2D eigenvalue weighted by Crippen LogP contribution is 2.31. The average Bonchev–Trinajstić information content (AvgIpc) is 3.35. The summed E-state index contributed by atoms with van der Waals surface area (Å²) < 4.78 is 40.2. The minimum atomic E-state index is -3.65. The Bertz CT molecular complexity index is 716. The van der Waals surface area contributed by atoms with Crippen LogP contribution in [-0.4, -0.2) is 49.7 Å². The summed E-state index contributed by atoms with van der Waals surface area (Å²) in [6.45, 7) is 3.25. The van der Waals surface area contributed by atoms with Crippen LogP contribution in [0.5, 0.6) is 0 Å². The molecule has 126 valence electrons. The van der Waals surface area contributed by atoms with Crippen LogP contribution in [-0.2, 0) is 14.8 Å². The van der Waals surface area contributed by atoms with Gasteiger partial charge in [-0.05, 0) is 49.9 Å². The van der Waals surface area contributed by atoms with E-state index in [2.05, 4.69) is 0 Å². The van der Waals surface area contributed by atoms with Crippen molar-refractivity contribution in [3.05, 3.63) is 29.6 Å². The van der Waals surface area contributed by atoms with Gasteiger partial charge < -0.3 is 4.90 Å². The number of hydrogen-bond donors (Lipinski definition) is 0. The maximum atomic E-state index is 13.4. The minimum absolute atomic E-state index is 0.110. The Balaban J connectivity index is 1.75. The Hall–Kier alpha value is -1.47. The smallest absolute Gasteiger partial charge is 0.243 e. The van der Waals surface area contributed by atoms with E-state index in [0.29, 0.717) is 31.6 Å². The van der Waals surface area contributed by atoms with E-state index in [4.69, 9.17) is 0 Å². The number of carbonyl (C=O) groups is 1. The molecule has 7 heteroatoms. The quantitative estimate of drug-likeness (QED) is 0.843. The third-order valence-electron chi connectivity index (χ3n) is 4.46. The largest absolute Gasteiger partial charge is 0.341 e. The monoisotopic (exact) mass is 340 g/mol. The second-order valence-electron chi connectivity index (χ2n) is 6.27. The summed E-state index contributed by atoms with van der Waals surface area (Å²) in [5.74, 6) is -0.110. The van der Waals surface area contributed by atoms with Gasteiger partial charge >= 0.3 is 0 Å². The van der Waals surface area contributed by atoms with Crippen LogP contribution in [0.25, 0.3) is 0 Å². The van der Waals surface area contributed by atoms with E-state index < -0.39 is 15.8 Å². The van der Waals surface area contributed by atoms with Crippen molar-refractivity contribution in [2.45, 2.75) is 31.1 Å². The minimum Gasteiger partial charge on any atom is -0.341 e. The molecule has 2 fully saturated rings. The number of halogens is 1. The van der Waals surface area contributed by atoms with Gasteiger partial charge in [0.25, 0.3) is 0 Å². The normalized spacial score (nSPS) is 20.3. The standard InChI is InChI=1S/C16H21FN2O3S/c1-12-11-14(5-6-15(12)17)23(21,22)19-8-2-7-18(9-10-19)16(20)13-3-4-13/h5-6,11,13H,2-4,7-10H2,1H3. The number of aryl methyl sites for hydroxylation is 1. The van der Waals surface area contributed by atoms with Crippen molar-refractivity contribution in [2.24, 2.45) is 5.92 Å². The summed E-state index contributed by atoms with van der Waals surface area (Å²) in [5.41, 5.74) is 0.312. The highest BCUT2D eigenvalue weighted by atomic mass is 32.2. The Kier molecular flexibility index (Phi) is 4.42. The van der Waals surface area contributed by atoms with Crippen molar-refractivity contribution >= 4 is 15.9 Å². The van der Waals surface area contributed by atoms with Crippen LogP contribution in [0.3, 0.4) is 0 Å². The van der Waals surface area contributed by atoms with Crippen molar-refractivity contribution in [2.75, 3.05) is 26.2 Å². The molecule has 0 unspecified atom stereocenters. The van der Waals surface area contributed by atoms with Crippen LogP contribution in [0.1, 0.15) is 24.8 Å². The summed E-state index contributed by atoms with van der Waals surface area (Å²) in [5, 5.41) is 0. The van der Waals surface area contributed by atoms with Gasteiger partial charge in [0.1, 0.15) is 5.82 Å². The van der Waals surface area contributed by atoms with Crippen molar-refractivity contribution in [1.29, 1.82) is 0 Å². The molecule has 1 aromatic carbocycles. The Morgan fingerprint density at radius 2 is 1.91 bits per heavy atom. The van der Waals surface area contributed by atoms with Crippen LogP contribution in [0.2, 0.25) is 0 Å². The van der Waals surface area contributed by atoms with E-state index in [9.17, 15) is 17.6 Å². The Morgan fingerprint density at radius 1 is 1.17 bits per heavy atom. The van der Waals surface area contributed by atoms with Gasteiger partial charge in [0.15, 0.2) is 0 Å². The first-order valence-electron chi connectivity index (χ1n) is 7.94. The number of sulfonamides is 1. The third kappa shape index (κ3) is 3.40. The first kappa shape index (κ1) is 16.4. The lowest BCUT2D eigenvalue weighted by molar-refractivity contribution is -0.132. The fourth-order valence-corrected chi connectivity index (χ4v) is 4.43. The van der Waals surface area contributed by atoms with E-state index in [1.54, 1.807) is 11.8 Å². The highest BCUT2D eigenvalue weighted by molar-refractivity contribution is 7.89. The van der Waals surface area contributed by atoms with Gasteiger partial charge in [-0.2, -0.15) is 4.31 Å². The van der Waals surface area contributed by atoms with E-state index >= 15 is 0 Å². The molecular formula is C16H21FN2O3S. The summed E-state index contributed by atoms with van der Waals surface area (Å²) in [4.78, 5) is 14.0. The second-order valence-corrected chi connectivity index (χ2v) is 8.21. The molecule has 0 bridgehead atoms. The lowest BCUT2D eigenvalue weighted by Gasteiger charge is -2.22. The fourth-order valence-electron chi connectivity index (χ4n) is 2.87.